The summed E-state index contributed by atoms with van der Waals surface area (Å²) in [5, 5.41) is 3.46. The fourth-order valence-corrected chi connectivity index (χ4v) is 2.75. The van der Waals surface area contributed by atoms with Gasteiger partial charge in [0.05, 0.1) is 5.56 Å². The van der Waals surface area contributed by atoms with Gasteiger partial charge in [-0.05, 0) is 18.9 Å². The third kappa shape index (κ3) is 2.07. The molecular weight excluding hydrogens is 214 g/mol. The maximum atomic E-state index is 11.7. The van der Waals surface area contributed by atoms with E-state index < -0.39 is 0 Å². The van der Waals surface area contributed by atoms with Crippen LogP contribution in [0.4, 0.5) is 0 Å². The Morgan fingerprint density at radius 3 is 2.71 bits per heavy atom. The van der Waals surface area contributed by atoms with E-state index in [1.807, 2.05) is 24.3 Å². The van der Waals surface area contributed by atoms with Crippen molar-refractivity contribution in [2.24, 2.45) is 0 Å². The first-order valence-corrected chi connectivity index (χ1v) is 6.40. The van der Waals surface area contributed by atoms with E-state index in [1.54, 1.807) is 0 Å². The molecule has 1 aliphatic heterocycles. The molecule has 0 bridgehead atoms. The summed E-state index contributed by atoms with van der Waals surface area (Å²) in [5.74, 6) is -0.200. The van der Waals surface area contributed by atoms with Crippen LogP contribution in [0.15, 0.2) is 24.3 Å². The van der Waals surface area contributed by atoms with Crippen molar-refractivity contribution in [3.8, 4) is 0 Å². The largest absolute Gasteiger partial charge is 0.439 e. The number of fused-ring (bicyclic) bond motifs is 1. The monoisotopic (exact) mass is 231 g/mol. The van der Waals surface area contributed by atoms with Gasteiger partial charge in [-0.3, -0.25) is 5.32 Å². The lowest BCUT2D eigenvalue weighted by Gasteiger charge is -2.25. The van der Waals surface area contributed by atoms with Gasteiger partial charge in [0.2, 0.25) is 0 Å². The molecule has 17 heavy (non-hydrogen) atoms. The van der Waals surface area contributed by atoms with E-state index in [-0.39, 0.29) is 12.2 Å². The Hall–Kier alpha value is -1.35. The third-order valence-electron chi connectivity index (χ3n) is 3.68. The Bertz CT molecular complexity index is 424. The van der Waals surface area contributed by atoms with Crippen LogP contribution < -0.4 is 5.32 Å². The molecule has 3 heteroatoms. The van der Waals surface area contributed by atoms with Gasteiger partial charge in [-0.2, -0.15) is 0 Å². The molecule has 1 N–H and O–H groups in total. The van der Waals surface area contributed by atoms with E-state index in [2.05, 4.69) is 5.32 Å². The SMILES string of the molecule is O=C1OC(NC2CCCCC2)c2ccccc21. The molecule has 0 saturated heterocycles. The Labute approximate surface area is 101 Å². The van der Waals surface area contributed by atoms with Crippen LogP contribution in [0.1, 0.15) is 54.3 Å². The molecular formula is C14H17NO2. The molecule has 90 valence electrons. The zero-order valence-electron chi connectivity index (χ0n) is 9.82. The van der Waals surface area contributed by atoms with E-state index in [1.165, 1.54) is 32.1 Å². The molecule has 1 unspecified atom stereocenters. The van der Waals surface area contributed by atoms with Gasteiger partial charge < -0.3 is 4.74 Å². The second-order valence-electron chi connectivity index (χ2n) is 4.87. The second-order valence-corrected chi connectivity index (χ2v) is 4.87. The normalized spacial score (nSPS) is 24.5. The Morgan fingerprint density at radius 2 is 1.88 bits per heavy atom. The van der Waals surface area contributed by atoms with Crippen molar-refractivity contribution in [1.82, 2.24) is 5.32 Å². The number of cyclic esters (lactones) is 1. The van der Waals surface area contributed by atoms with E-state index in [9.17, 15) is 4.79 Å². The molecule has 1 aromatic carbocycles. The number of carbonyl (C=O) groups is 1. The molecule has 1 fully saturated rings. The lowest BCUT2D eigenvalue weighted by atomic mass is 9.95. The highest BCUT2D eigenvalue weighted by Crippen LogP contribution is 2.30. The van der Waals surface area contributed by atoms with Gasteiger partial charge in [-0.1, -0.05) is 37.5 Å². The molecule has 0 aromatic heterocycles. The quantitative estimate of drug-likeness (QED) is 0.795. The van der Waals surface area contributed by atoms with Crippen molar-refractivity contribution < 1.29 is 9.53 Å². The van der Waals surface area contributed by atoms with Gasteiger partial charge in [0.1, 0.15) is 0 Å². The summed E-state index contributed by atoms with van der Waals surface area (Å²) in [6, 6.07) is 8.13. The standard InChI is InChI=1S/C14H17NO2/c16-14-12-9-5-4-8-11(12)13(17-14)15-10-6-2-1-3-7-10/h4-5,8-10,13,15H,1-3,6-7H2. The van der Waals surface area contributed by atoms with E-state index >= 15 is 0 Å². The van der Waals surface area contributed by atoms with Gasteiger partial charge in [-0.15, -0.1) is 0 Å². The number of carbonyl (C=O) groups excluding carboxylic acids is 1. The van der Waals surface area contributed by atoms with Crippen molar-refractivity contribution in [1.29, 1.82) is 0 Å². The summed E-state index contributed by atoms with van der Waals surface area (Å²) in [6.07, 6.45) is 6.04. The van der Waals surface area contributed by atoms with Crippen LogP contribution in [0.25, 0.3) is 0 Å². The number of esters is 1. The molecule has 2 aliphatic rings. The van der Waals surface area contributed by atoms with Crippen LogP contribution in [0, 0.1) is 0 Å². The first kappa shape index (κ1) is 10.8. The molecule has 1 atom stereocenters. The van der Waals surface area contributed by atoms with Crippen LogP contribution in [0.2, 0.25) is 0 Å². The Balaban J connectivity index is 1.75. The number of hydrogen-bond donors (Lipinski definition) is 1. The van der Waals surface area contributed by atoms with Crippen molar-refractivity contribution in [2.75, 3.05) is 0 Å². The number of hydrogen-bond acceptors (Lipinski definition) is 3. The molecule has 0 radical (unpaired) electrons. The van der Waals surface area contributed by atoms with Crippen molar-refractivity contribution >= 4 is 5.97 Å². The summed E-state index contributed by atoms with van der Waals surface area (Å²) in [6.45, 7) is 0. The molecule has 0 amide bonds. The molecule has 1 heterocycles. The molecule has 3 nitrogen and oxygen atoms in total. The zero-order valence-corrected chi connectivity index (χ0v) is 9.82. The van der Waals surface area contributed by atoms with Crippen LogP contribution in [0.5, 0.6) is 0 Å². The van der Waals surface area contributed by atoms with Gasteiger partial charge >= 0.3 is 5.97 Å². The second kappa shape index (κ2) is 4.49. The first-order chi connectivity index (χ1) is 8.34. The summed E-state index contributed by atoms with van der Waals surface area (Å²) < 4.78 is 5.38. The van der Waals surface area contributed by atoms with Gasteiger partial charge in [0.15, 0.2) is 6.23 Å². The fraction of sp³-hybridized carbons (Fsp3) is 0.500. The average molecular weight is 231 g/mol. The Morgan fingerprint density at radius 1 is 1.12 bits per heavy atom. The Kier molecular flexibility index (Phi) is 2.85. The minimum absolute atomic E-state index is 0.200. The van der Waals surface area contributed by atoms with E-state index in [4.69, 9.17) is 4.74 Å². The van der Waals surface area contributed by atoms with Gasteiger partial charge in [-0.25, -0.2) is 4.79 Å². The van der Waals surface area contributed by atoms with Crippen molar-refractivity contribution in [3.63, 3.8) is 0 Å². The minimum atomic E-state index is -0.234. The predicted molar refractivity (Wildman–Crippen MR) is 64.6 cm³/mol. The highest BCUT2D eigenvalue weighted by Gasteiger charge is 2.32. The highest BCUT2D eigenvalue weighted by molar-refractivity contribution is 5.93. The van der Waals surface area contributed by atoms with Crippen LogP contribution >= 0.6 is 0 Å². The summed E-state index contributed by atoms with van der Waals surface area (Å²) in [4.78, 5) is 11.7. The lowest BCUT2D eigenvalue weighted by Crippen LogP contribution is -2.34. The molecule has 1 saturated carbocycles. The van der Waals surface area contributed by atoms with Crippen LogP contribution in [-0.4, -0.2) is 12.0 Å². The predicted octanol–water partition coefficient (Wildman–Crippen LogP) is 2.78. The maximum Gasteiger partial charge on any atom is 0.340 e. The van der Waals surface area contributed by atoms with E-state index in [0.29, 0.717) is 11.6 Å². The maximum absolute atomic E-state index is 11.7. The van der Waals surface area contributed by atoms with E-state index in [0.717, 1.165) is 5.56 Å². The van der Waals surface area contributed by atoms with Crippen molar-refractivity contribution in [3.05, 3.63) is 35.4 Å². The number of benzene rings is 1. The first-order valence-electron chi connectivity index (χ1n) is 6.40. The lowest BCUT2D eigenvalue weighted by molar-refractivity contribution is 0.0262. The number of nitrogens with one attached hydrogen (secondary N) is 1. The highest BCUT2D eigenvalue weighted by atomic mass is 16.6. The summed E-state index contributed by atoms with van der Waals surface area (Å²) in [5.41, 5.74) is 1.70. The van der Waals surface area contributed by atoms with Crippen molar-refractivity contribution in [2.45, 2.75) is 44.4 Å². The van der Waals surface area contributed by atoms with Gasteiger partial charge in [0, 0.05) is 11.6 Å². The number of rotatable bonds is 2. The smallest absolute Gasteiger partial charge is 0.340 e. The molecule has 3 rings (SSSR count). The molecule has 1 aliphatic carbocycles. The van der Waals surface area contributed by atoms with Gasteiger partial charge in [0.25, 0.3) is 0 Å². The third-order valence-corrected chi connectivity index (χ3v) is 3.68. The zero-order chi connectivity index (χ0) is 11.7. The topological polar surface area (TPSA) is 38.3 Å². The molecule has 1 aromatic rings. The fourth-order valence-electron chi connectivity index (χ4n) is 2.75. The summed E-state index contributed by atoms with van der Waals surface area (Å²) in [7, 11) is 0. The number of ether oxygens (including phenoxy) is 1. The summed E-state index contributed by atoms with van der Waals surface area (Å²) >= 11 is 0. The van der Waals surface area contributed by atoms with Crippen LogP contribution in [0.3, 0.4) is 0 Å². The van der Waals surface area contributed by atoms with Crippen LogP contribution in [-0.2, 0) is 4.74 Å². The minimum Gasteiger partial charge on any atom is -0.439 e. The average Bonchev–Trinajstić information content (AvgIpc) is 2.69. The molecule has 0 spiro atoms.